The minimum atomic E-state index is -3.75. The van der Waals surface area contributed by atoms with E-state index in [4.69, 9.17) is 5.14 Å². The van der Waals surface area contributed by atoms with Crippen LogP contribution in [0.5, 0.6) is 0 Å². The van der Waals surface area contributed by atoms with Gasteiger partial charge in [0, 0.05) is 25.3 Å². The first-order chi connectivity index (χ1) is 11.6. The molecule has 0 bridgehead atoms. The minimum absolute atomic E-state index is 0.0174. The van der Waals surface area contributed by atoms with Gasteiger partial charge in [0.25, 0.3) is 0 Å². The predicted molar refractivity (Wildman–Crippen MR) is 93.6 cm³/mol. The van der Waals surface area contributed by atoms with Crippen LogP contribution in [0.2, 0.25) is 0 Å². The number of rotatable bonds is 4. The first-order valence-electron chi connectivity index (χ1n) is 7.93. The number of carbonyl (C=O) groups excluding carboxylic acids is 1. The maximum Gasteiger partial charge on any atom is 0.242 e. The van der Waals surface area contributed by atoms with Gasteiger partial charge >= 0.3 is 0 Å². The molecule has 3 rings (SSSR count). The van der Waals surface area contributed by atoms with E-state index < -0.39 is 19.9 Å². The number of likely N-dealkylation sites (N-methyl/N-ethyl adjacent to an activating group) is 1. The second-order valence-corrected chi connectivity index (χ2v) is 10.4. The lowest BCUT2D eigenvalue weighted by atomic mass is 10.2. The number of sulfonamides is 1. The third-order valence-electron chi connectivity index (χ3n) is 4.85. The normalized spacial score (nSPS) is 22.0. The van der Waals surface area contributed by atoms with E-state index in [-0.39, 0.29) is 34.9 Å². The number of benzene rings is 1. The number of sulfone groups is 1. The quantitative estimate of drug-likeness (QED) is 0.733. The minimum Gasteiger partial charge on any atom is -0.362 e. The Labute approximate surface area is 147 Å². The van der Waals surface area contributed by atoms with Crippen molar-refractivity contribution in [3.05, 3.63) is 23.8 Å². The molecule has 0 radical (unpaired) electrons. The molecule has 2 aliphatic heterocycles. The molecule has 0 spiro atoms. The van der Waals surface area contributed by atoms with Crippen molar-refractivity contribution in [3.8, 4) is 0 Å². The van der Waals surface area contributed by atoms with Crippen molar-refractivity contribution >= 4 is 31.5 Å². The highest BCUT2D eigenvalue weighted by Crippen LogP contribution is 2.30. The van der Waals surface area contributed by atoms with Crippen LogP contribution in [0.3, 0.4) is 0 Å². The number of anilines is 1. The average molecular weight is 387 g/mol. The summed E-state index contributed by atoms with van der Waals surface area (Å²) in [5, 5.41) is 5.15. The molecule has 10 heteroatoms. The SMILES string of the molecule is CN(C(=O)CN1CCc2cc(S(N)(=O)=O)ccc21)C1CCS(=O)(=O)C1. The fourth-order valence-electron chi connectivity index (χ4n) is 3.35. The molecule has 1 fully saturated rings. The topological polar surface area (TPSA) is 118 Å². The predicted octanol–water partition coefficient (Wildman–Crippen LogP) is -0.658. The molecule has 2 N–H and O–H groups in total. The molecule has 25 heavy (non-hydrogen) atoms. The van der Waals surface area contributed by atoms with Crippen molar-refractivity contribution in [2.75, 3.05) is 36.5 Å². The van der Waals surface area contributed by atoms with Crippen LogP contribution in [0.4, 0.5) is 5.69 Å². The van der Waals surface area contributed by atoms with Crippen molar-refractivity contribution in [2.45, 2.75) is 23.8 Å². The molecule has 0 aliphatic carbocycles. The molecular formula is C15H21N3O5S2. The Morgan fingerprint density at radius 1 is 1.40 bits per heavy atom. The van der Waals surface area contributed by atoms with E-state index in [2.05, 4.69) is 0 Å². The fourth-order valence-corrected chi connectivity index (χ4v) is 5.69. The largest absolute Gasteiger partial charge is 0.362 e. The van der Waals surface area contributed by atoms with Gasteiger partial charge in [0.2, 0.25) is 15.9 Å². The summed E-state index contributed by atoms with van der Waals surface area (Å²) >= 11 is 0. The van der Waals surface area contributed by atoms with Gasteiger partial charge in [-0.15, -0.1) is 0 Å². The van der Waals surface area contributed by atoms with Crippen LogP contribution < -0.4 is 10.0 Å². The smallest absolute Gasteiger partial charge is 0.242 e. The molecule has 2 aliphatic rings. The average Bonchev–Trinajstić information content (AvgIpc) is 3.08. The van der Waals surface area contributed by atoms with E-state index in [1.807, 2.05) is 4.90 Å². The van der Waals surface area contributed by atoms with E-state index in [9.17, 15) is 21.6 Å². The number of nitrogens with two attached hydrogens (primary N) is 1. The first kappa shape index (κ1) is 18.2. The summed E-state index contributed by atoms with van der Waals surface area (Å²) in [7, 11) is -5.16. The number of hydrogen-bond acceptors (Lipinski definition) is 6. The van der Waals surface area contributed by atoms with Crippen LogP contribution in [0.25, 0.3) is 0 Å². The lowest BCUT2D eigenvalue weighted by molar-refractivity contribution is -0.130. The maximum atomic E-state index is 12.5. The zero-order valence-electron chi connectivity index (χ0n) is 13.9. The molecule has 1 aromatic carbocycles. The Hall–Kier alpha value is -1.65. The Morgan fingerprint density at radius 3 is 2.72 bits per heavy atom. The van der Waals surface area contributed by atoms with E-state index in [1.165, 1.54) is 11.0 Å². The zero-order valence-corrected chi connectivity index (χ0v) is 15.5. The molecule has 0 aromatic heterocycles. The van der Waals surface area contributed by atoms with Crippen molar-refractivity contribution in [1.29, 1.82) is 0 Å². The highest BCUT2D eigenvalue weighted by atomic mass is 32.2. The Morgan fingerprint density at radius 2 is 2.12 bits per heavy atom. The second kappa shape index (κ2) is 6.26. The summed E-state index contributed by atoms with van der Waals surface area (Å²) in [4.78, 5) is 16.0. The maximum absolute atomic E-state index is 12.5. The number of fused-ring (bicyclic) bond motifs is 1. The second-order valence-electron chi connectivity index (χ2n) is 6.57. The molecule has 1 aromatic rings. The lowest BCUT2D eigenvalue weighted by Crippen LogP contribution is -2.43. The molecular weight excluding hydrogens is 366 g/mol. The van der Waals surface area contributed by atoms with E-state index in [0.717, 1.165) is 11.3 Å². The fraction of sp³-hybridized carbons (Fsp3) is 0.533. The number of primary sulfonamides is 1. The van der Waals surface area contributed by atoms with Gasteiger partial charge < -0.3 is 9.80 Å². The zero-order chi connectivity index (χ0) is 18.4. The summed E-state index contributed by atoms with van der Waals surface area (Å²) in [6.07, 6.45) is 1.10. The van der Waals surface area contributed by atoms with Crippen molar-refractivity contribution in [2.24, 2.45) is 5.14 Å². The Bertz CT molecular complexity index is 911. The third-order valence-corrected chi connectivity index (χ3v) is 7.51. The highest BCUT2D eigenvalue weighted by Gasteiger charge is 2.33. The Balaban J connectivity index is 1.70. The molecule has 1 amide bonds. The molecule has 1 atom stereocenters. The molecule has 1 unspecified atom stereocenters. The molecule has 138 valence electrons. The number of amides is 1. The molecule has 0 saturated carbocycles. The van der Waals surface area contributed by atoms with Gasteiger partial charge in [0.15, 0.2) is 9.84 Å². The third kappa shape index (κ3) is 3.80. The number of hydrogen-bond donors (Lipinski definition) is 1. The van der Waals surface area contributed by atoms with Crippen LogP contribution in [0.15, 0.2) is 23.1 Å². The van der Waals surface area contributed by atoms with Gasteiger partial charge in [-0.25, -0.2) is 22.0 Å². The van der Waals surface area contributed by atoms with Gasteiger partial charge in [0.05, 0.1) is 22.9 Å². The summed E-state index contributed by atoms with van der Waals surface area (Å²) in [5.74, 6) is -0.00711. The summed E-state index contributed by atoms with van der Waals surface area (Å²) in [6, 6.07) is 4.37. The van der Waals surface area contributed by atoms with Crippen LogP contribution in [-0.2, 0) is 31.1 Å². The monoisotopic (exact) mass is 387 g/mol. The lowest BCUT2D eigenvalue weighted by Gasteiger charge is -2.27. The van der Waals surface area contributed by atoms with Gasteiger partial charge in [-0.3, -0.25) is 4.79 Å². The van der Waals surface area contributed by atoms with E-state index in [1.54, 1.807) is 19.2 Å². The first-order valence-corrected chi connectivity index (χ1v) is 11.3. The van der Waals surface area contributed by atoms with Gasteiger partial charge in [-0.05, 0) is 36.6 Å². The van der Waals surface area contributed by atoms with Crippen molar-refractivity contribution in [3.63, 3.8) is 0 Å². The molecule has 1 saturated heterocycles. The van der Waals surface area contributed by atoms with Gasteiger partial charge in [0.1, 0.15) is 0 Å². The molecule has 8 nitrogen and oxygen atoms in total. The van der Waals surface area contributed by atoms with Crippen LogP contribution in [0.1, 0.15) is 12.0 Å². The van der Waals surface area contributed by atoms with Gasteiger partial charge in [-0.1, -0.05) is 0 Å². The molecule has 2 heterocycles. The summed E-state index contributed by atoms with van der Waals surface area (Å²) < 4.78 is 46.0. The highest BCUT2D eigenvalue weighted by molar-refractivity contribution is 7.91. The Kier molecular flexibility index (Phi) is 4.54. The van der Waals surface area contributed by atoms with Crippen molar-refractivity contribution in [1.82, 2.24) is 4.90 Å². The number of nitrogens with zero attached hydrogens (tertiary/aromatic N) is 2. The van der Waals surface area contributed by atoms with Crippen LogP contribution in [0, 0.1) is 0 Å². The van der Waals surface area contributed by atoms with E-state index in [0.29, 0.717) is 19.4 Å². The van der Waals surface area contributed by atoms with Crippen LogP contribution in [-0.4, -0.2) is 65.3 Å². The summed E-state index contributed by atoms with van der Waals surface area (Å²) in [5.41, 5.74) is 1.65. The standard InChI is InChI=1S/C15H21N3O5S2/c1-17(12-5-7-24(20,21)10-12)15(19)9-18-6-4-11-8-13(25(16,22)23)2-3-14(11)18/h2-3,8,12H,4-7,9-10H2,1H3,(H2,16,22,23). The van der Waals surface area contributed by atoms with Crippen LogP contribution >= 0.6 is 0 Å². The number of carbonyl (C=O) groups is 1. The van der Waals surface area contributed by atoms with Gasteiger partial charge in [-0.2, -0.15) is 0 Å². The summed E-state index contributed by atoms with van der Waals surface area (Å²) in [6.45, 7) is 0.737. The van der Waals surface area contributed by atoms with Crippen molar-refractivity contribution < 1.29 is 21.6 Å². The van der Waals surface area contributed by atoms with E-state index >= 15 is 0 Å².